The average Bonchev–Trinajstić information content (AvgIpc) is 3.16. The van der Waals surface area contributed by atoms with Gasteiger partial charge < -0.3 is 90.9 Å². The number of carbonyl (C=O) groups excluding carboxylic acids is 4. The monoisotopic (exact) mass is 892 g/mol. The van der Waals surface area contributed by atoms with Crippen LogP contribution in [0.3, 0.4) is 0 Å². The highest BCUT2D eigenvalue weighted by Gasteiger charge is 2.55. The van der Waals surface area contributed by atoms with Crippen molar-refractivity contribution >= 4 is 58.9 Å². The molecule has 4 saturated heterocycles. The second kappa shape index (κ2) is 21.9. The summed E-state index contributed by atoms with van der Waals surface area (Å²) in [6.07, 6.45) is -13.7. The molecule has 4 heterocycles. The maximum absolute atomic E-state index is 12.5. The molecule has 0 aromatic heterocycles. The molecule has 0 radical (unpaired) electrons. The molecule has 4 rings (SSSR count). The zero-order valence-corrected chi connectivity index (χ0v) is 34.7. The second-order valence-corrected chi connectivity index (χ2v) is 18.1. The Labute approximate surface area is 346 Å². The van der Waals surface area contributed by atoms with Crippen molar-refractivity contribution in [3.05, 3.63) is 0 Å². The van der Waals surface area contributed by atoms with Gasteiger partial charge in [-0.05, 0) is 0 Å². The lowest BCUT2D eigenvalue weighted by Gasteiger charge is -2.50. The first-order valence-corrected chi connectivity index (χ1v) is 21.3. The minimum atomic E-state index is -1.61. The van der Waals surface area contributed by atoms with E-state index in [1.54, 1.807) is 0 Å². The number of carbonyl (C=O) groups is 4. The molecule has 0 aromatic carbocycles. The van der Waals surface area contributed by atoms with E-state index in [-0.39, 0.29) is 0 Å². The van der Waals surface area contributed by atoms with E-state index < -0.39 is 168 Å². The summed E-state index contributed by atoms with van der Waals surface area (Å²) >= 11 is 2.51. The molecular formula is C33H56N4O18S3. The second-order valence-electron chi connectivity index (χ2n) is 14.3. The third-order valence-electron chi connectivity index (χ3n) is 10.0. The van der Waals surface area contributed by atoms with Gasteiger partial charge >= 0.3 is 0 Å². The van der Waals surface area contributed by atoms with Crippen molar-refractivity contribution in [3.63, 3.8) is 0 Å². The number of hydrogen-bond donors (Lipinski definition) is 13. The molecule has 334 valence electrons. The standard InChI is InChI=1S/C33H56N4O18S3/c1-10(42)34-18-24(48)27(15(7-39)52-30(18)51-5)56-32-20(36-12(3)44)26(50)29(17(9-41)54-32)58-33-21(37-13(4)45)25(49)28(16(8-40)55-33)57-31-19(35-11(2)43)23(47)22(46)14(6-38)53-31/h14-33,38-41,46-50H,6-9H2,1-5H3,(H,34,42)(H,35,43)(H,36,44)(H,37,45)/t14-,15-,16-,17-,18-,19-,20-,21-,22-,23-,24-,25-,26-,27-,28-,29-,30+,31+,32+,33+/m1/s1. The highest BCUT2D eigenvalue weighted by atomic mass is 32.2. The molecule has 58 heavy (non-hydrogen) atoms. The highest BCUT2D eigenvalue weighted by Crippen LogP contribution is 2.45. The van der Waals surface area contributed by atoms with Gasteiger partial charge in [-0.3, -0.25) is 19.2 Å². The third-order valence-corrected chi connectivity index (χ3v) is 14.7. The van der Waals surface area contributed by atoms with Crippen LogP contribution < -0.4 is 21.3 Å². The Morgan fingerprint density at radius 3 is 1.09 bits per heavy atom. The summed E-state index contributed by atoms with van der Waals surface area (Å²) in [5.74, 6) is -2.30. The molecule has 0 saturated carbocycles. The Morgan fingerprint density at radius 1 is 0.466 bits per heavy atom. The topological polar surface area (TPSA) is 345 Å². The Bertz CT molecular complexity index is 1400. The smallest absolute Gasteiger partial charge is 0.217 e. The summed E-state index contributed by atoms with van der Waals surface area (Å²) in [7, 11) is 1.29. The molecule has 25 heteroatoms. The van der Waals surface area contributed by atoms with E-state index in [0.717, 1.165) is 35.3 Å². The number of rotatable bonds is 15. The fraction of sp³-hybridized carbons (Fsp3) is 0.879. The van der Waals surface area contributed by atoms with E-state index in [1.165, 1.54) is 34.8 Å². The van der Waals surface area contributed by atoms with Crippen LogP contribution in [0.5, 0.6) is 0 Å². The van der Waals surface area contributed by atoms with Crippen LogP contribution in [0.15, 0.2) is 0 Å². The fourth-order valence-corrected chi connectivity index (χ4v) is 12.1. The zero-order valence-electron chi connectivity index (χ0n) is 32.3. The first-order chi connectivity index (χ1) is 27.4. The number of ether oxygens (including phenoxy) is 5. The third kappa shape index (κ3) is 11.4. The molecular weight excluding hydrogens is 837 g/mol. The number of methoxy groups -OCH3 is 1. The summed E-state index contributed by atoms with van der Waals surface area (Å²) in [4.78, 5) is 49.0. The van der Waals surface area contributed by atoms with Crippen molar-refractivity contribution < 1.29 is 88.8 Å². The maximum Gasteiger partial charge on any atom is 0.217 e. The number of nitrogens with one attached hydrogen (secondary N) is 4. The molecule has 4 fully saturated rings. The summed E-state index contributed by atoms with van der Waals surface area (Å²) in [5.41, 5.74) is -3.69. The SMILES string of the molecule is CO[C@H]1O[C@H](CO)[C@@H](S[C@@H]2O[C@H](CO)[C@@H](S[C@@H]3O[C@H](CO)[C@@H](S[C@@H]4O[C@H](CO)[C@@H](O)[C@H](O)[C@H]4NC(C)=O)[C@H](O)[C@H]3NC(C)=O)[C@H](O)[C@H]2NC(C)=O)[C@H](O)[C@H]1NC(C)=O. The van der Waals surface area contributed by atoms with Crippen LogP contribution >= 0.6 is 35.3 Å². The van der Waals surface area contributed by atoms with Gasteiger partial charge in [-0.25, -0.2) is 0 Å². The van der Waals surface area contributed by atoms with E-state index in [9.17, 15) is 65.1 Å². The lowest BCUT2D eigenvalue weighted by molar-refractivity contribution is -0.223. The van der Waals surface area contributed by atoms with Gasteiger partial charge in [0.2, 0.25) is 23.6 Å². The van der Waals surface area contributed by atoms with E-state index in [0.29, 0.717) is 0 Å². The number of aliphatic hydroxyl groups is 9. The van der Waals surface area contributed by atoms with Crippen molar-refractivity contribution in [1.82, 2.24) is 21.3 Å². The van der Waals surface area contributed by atoms with Crippen LogP contribution in [0.25, 0.3) is 0 Å². The molecule has 0 unspecified atom stereocenters. The number of thioether (sulfide) groups is 3. The van der Waals surface area contributed by atoms with Crippen LogP contribution in [0.4, 0.5) is 0 Å². The summed E-state index contributed by atoms with van der Waals surface area (Å²) < 4.78 is 29.5. The maximum atomic E-state index is 12.5. The Balaban J connectivity index is 1.61. The van der Waals surface area contributed by atoms with Gasteiger partial charge in [-0.15, -0.1) is 35.3 Å². The Morgan fingerprint density at radius 2 is 0.759 bits per heavy atom. The van der Waals surface area contributed by atoms with E-state index in [2.05, 4.69) is 21.3 Å². The van der Waals surface area contributed by atoms with E-state index in [1.807, 2.05) is 0 Å². The normalized spacial score (nSPS) is 43.2. The van der Waals surface area contributed by atoms with Gasteiger partial charge in [-0.2, -0.15) is 0 Å². The Kier molecular flexibility index (Phi) is 18.5. The molecule has 0 aliphatic carbocycles. The number of aliphatic hydroxyl groups excluding tert-OH is 9. The molecule has 4 amide bonds. The van der Waals surface area contributed by atoms with Crippen molar-refractivity contribution in [2.24, 2.45) is 0 Å². The van der Waals surface area contributed by atoms with Crippen molar-refractivity contribution in [2.75, 3.05) is 33.5 Å². The average molecular weight is 893 g/mol. The van der Waals surface area contributed by atoms with Crippen LogP contribution in [0.1, 0.15) is 27.7 Å². The molecule has 22 nitrogen and oxygen atoms in total. The number of amides is 4. The predicted molar refractivity (Wildman–Crippen MR) is 205 cm³/mol. The van der Waals surface area contributed by atoms with Gasteiger partial charge in [-0.1, -0.05) is 0 Å². The van der Waals surface area contributed by atoms with Gasteiger partial charge in [0.25, 0.3) is 0 Å². The van der Waals surface area contributed by atoms with Crippen LogP contribution in [-0.2, 0) is 42.9 Å². The largest absolute Gasteiger partial charge is 0.394 e. The molecule has 4 aliphatic rings. The molecule has 20 atom stereocenters. The molecule has 0 bridgehead atoms. The van der Waals surface area contributed by atoms with Crippen LogP contribution in [0.2, 0.25) is 0 Å². The minimum absolute atomic E-state index is 0.506. The van der Waals surface area contributed by atoms with E-state index in [4.69, 9.17) is 23.7 Å². The lowest BCUT2D eigenvalue weighted by Crippen LogP contribution is -2.67. The quantitative estimate of drug-likeness (QED) is 0.0727. The summed E-state index contributed by atoms with van der Waals surface area (Å²) in [6, 6.07) is -4.88. The van der Waals surface area contributed by atoms with Crippen LogP contribution in [0, 0.1) is 0 Å². The zero-order chi connectivity index (χ0) is 43.2. The fourth-order valence-electron chi connectivity index (χ4n) is 7.36. The van der Waals surface area contributed by atoms with Crippen LogP contribution in [-0.4, -0.2) is 221 Å². The number of hydrogen-bond acceptors (Lipinski definition) is 21. The molecule has 0 spiro atoms. The van der Waals surface area contributed by atoms with Gasteiger partial charge in [0.05, 0.1) is 96.9 Å². The lowest BCUT2D eigenvalue weighted by atomic mass is 9.98. The summed E-state index contributed by atoms with van der Waals surface area (Å²) in [5, 5.41) is 105. The van der Waals surface area contributed by atoms with Gasteiger partial charge in [0, 0.05) is 34.8 Å². The first-order valence-electron chi connectivity index (χ1n) is 18.4. The first kappa shape index (κ1) is 49.0. The van der Waals surface area contributed by atoms with E-state index >= 15 is 0 Å². The van der Waals surface area contributed by atoms with Gasteiger partial charge in [0.15, 0.2) is 6.29 Å². The van der Waals surface area contributed by atoms with Crippen molar-refractivity contribution in [3.8, 4) is 0 Å². The van der Waals surface area contributed by atoms with Crippen molar-refractivity contribution in [1.29, 1.82) is 0 Å². The molecule has 0 aromatic rings. The highest BCUT2D eigenvalue weighted by molar-refractivity contribution is 8.01. The van der Waals surface area contributed by atoms with Crippen molar-refractivity contribution in [2.45, 2.75) is 145 Å². The predicted octanol–water partition coefficient (Wildman–Crippen LogP) is -6.37. The van der Waals surface area contributed by atoms with Gasteiger partial charge in [0.1, 0.15) is 40.7 Å². The molecule has 4 aliphatic heterocycles. The Hall–Kier alpha value is -1.63. The summed E-state index contributed by atoms with van der Waals surface area (Å²) in [6.45, 7) is 2.02. The molecule has 13 N–H and O–H groups in total. The minimum Gasteiger partial charge on any atom is -0.394 e.